The van der Waals surface area contributed by atoms with Gasteiger partial charge in [0.15, 0.2) is 0 Å². The van der Waals surface area contributed by atoms with Crippen LogP contribution in [0.1, 0.15) is 24.2 Å². The first-order chi connectivity index (χ1) is 11.0. The highest BCUT2D eigenvalue weighted by molar-refractivity contribution is 7.89. The second-order valence-electron chi connectivity index (χ2n) is 4.97. The topological polar surface area (TPSA) is 64.6 Å². The number of hydrogen-bond acceptors (Lipinski definition) is 5. The van der Waals surface area contributed by atoms with E-state index in [-0.39, 0.29) is 17.5 Å². The lowest BCUT2D eigenvalue weighted by Crippen LogP contribution is -2.29. The fourth-order valence-electron chi connectivity index (χ4n) is 2.21. The van der Waals surface area contributed by atoms with Crippen LogP contribution in [0.5, 0.6) is 5.75 Å². The Kier molecular flexibility index (Phi) is 6.17. The summed E-state index contributed by atoms with van der Waals surface area (Å²) in [5.41, 5.74) is 1.89. The zero-order valence-corrected chi connectivity index (χ0v) is 15.0. The third kappa shape index (κ3) is 4.32. The molecular weight excluding hydrogens is 334 g/mol. The van der Waals surface area contributed by atoms with Crippen molar-refractivity contribution < 1.29 is 17.9 Å². The molecule has 1 atom stereocenters. The molecule has 0 saturated heterocycles. The van der Waals surface area contributed by atoms with Crippen LogP contribution in [0, 0.1) is 0 Å². The van der Waals surface area contributed by atoms with Gasteiger partial charge in [0.2, 0.25) is 10.0 Å². The van der Waals surface area contributed by atoms with Crippen molar-refractivity contribution in [3.05, 3.63) is 46.2 Å². The van der Waals surface area contributed by atoms with Gasteiger partial charge in [0, 0.05) is 13.7 Å². The summed E-state index contributed by atoms with van der Waals surface area (Å²) < 4.78 is 38.4. The van der Waals surface area contributed by atoms with Crippen LogP contribution in [-0.4, -0.2) is 29.2 Å². The number of methoxy groups -OCH3 is 2. The Morgan fingerprint density at radius 1 is 1.26 bits per heavy atom. The molecule has 0 amide bonds. The van der Waals surface area contributed by atoms with Crippen molar-refractivity contribution >= 4 is 21.4 Å². The van der Waals surface area contributed by atoms with E-state index >= 15 is 0 Å². The smallest absolute Gasteiger partial charge is 0.244 e. The van der Waals surface area contributed by atoms with Crippen molar-refractivity contribution in [3.8, 4) is 5.75 Å². The van der Waals surface area contributed by atoms with Gasteiger partial charge in [-0.15, -0.1) is 0 Å². The van der Waals surface area contributed by atoms with Crippen LogP contribution in [0.15, 0.2) is 39.9 Å². The highest BCUT2D eigenvalue weighted by atomic mass is 32.2. The van der Waals surface area contributed by atoms with Crippen LogP contribution in [0.25, 0.3) is 0 Å². The van der Waals surface area contributed by atoms with Gasteiger partial charge in [-0.05, 0) is 46.5 Å². The standard InChI is InChI=1S/C16H21NO4S2/c1-4-12-5-6-14(20-2)16(9-12)23(18,19)17-10-15(21-3)13-7-8-22-11-13/h5-9,11,15,17H,4,10H2,1-3H3. The van der Waals surface area contributed by atoms with E-state index in [2.05, 4.69) is 4.72 Å². The molecule has 0 spiro atoms. The monoisotopic (exact) mass is 355 g/mol. The Bertz CT molecular complexity index is 727. The third-order valence-electron chi connectivity index (χ3n) is 3.58. The quantitative estimate of drug-likeness (QED) is 0.791. The van der Waals surface area contributed by atoms with Crippen molar-refractivity contribution in [2.45, 2.75) is 24.3 Å². The highest BCUT2D eigenvalue weighted by Crippen LogP contribution is 2.26. The van der Waals surface area contributed by atoms with Gasteiger partial charge in [-0.3, -0.25) is 0 Å². The van der Waals surface area contributed by atoms with E-state index in [4.69, 9.17) is 9.47 Å². The number of nitrogens with one attached hydrogen (secondary N) is 1. The fraction of sp³-hybridized carbons (Fsp3) is 0.375. The molecule has 2 rings (SSSR count). The first-order valence-corrected chi connectivity index (χ1v) is 9.66. The molecule has 0 aliphatic carbocycles. The van der Waals surface area contributed by atoms with E-state index < -0.39 is 10.0 Å². The molecule has 1 aromatic carbocycles. The Labute approximate surface area is 141 Å². The van der Waals surface area contributed by atoms with Gasteiger partial charge in [-0.25, -0.2) is 13.1 Å². The summed E-state index contributed by atoms with van der Waals surface area (Å²) in [7, 11) is -0.657. The minimum atomic E-state index is -3.68. The first kappa shape index (κ1) is 17.9. The number of thiophene rings is 1. The summed E-state index contributed by atoms with van der Waals surface area (Å²) in [6.07, 6.45) is 0.429. The molecule has 0 fully saturated rings. The lowest BCUT2D eigenvalue weighted by atomic mass is 10.2. The SMILES string of the molecule is CCc1ccc(OC)c(S(=O)(=O)NCC(OC)c2ccsc2)c1. The number of hydrogen-bond donors (Lipinski definition) is 1. The lowest BCUT2D eigenvalue weighted by molar-refractivity contribution is 0.107. The molecule has 1 heterocycles. The van der Waals surface area contributed by atoms with Gasteiger partial charge in [-0.1, -0.05) is 13.0 Å². The minimum Gasteiger partial charge on any atom is -0.495 e. The molecule has 0 aliphatic heterocycles. The van der Waals surface area contributed by atoms with E-state index in [9.17, 15) is 8.42 Å². The number of sulfonamides is 1. The van der Waals surface area contributed by atoms with Crippen molar-refractivity contribution in [3.63, 3.8) is 0 Å². The van der Waals surface area contributed by atoms with Crippen molar-refractivity contribution in [2.75, 3.05) is 20.8 Å². The normalized spacial score (nSPS) is 13.0. The van der Waals surface area contributed by atoms with Gasteiger partial charge in [-0.2, -0.15) is 11.3 Å². The van der Waals surface area contributed by atoms with Crippen molar-refractivity contribution in [1.82, 2.24) is 4.72 Å². The van der Waals surface area contributed by atoms with Gasteiger partial charge < -0.3 is 9.47 Å². The largest absolute Gasteiger partial charge is 0.495 e. The Morgan fingerprint density at radius 2 is 2.04 bits per heavy atom. The number of aryl methyl sites for hydroxylation is 1. The highest BCUT2D eigenvalue weighted by Gasteiger charge is 2.22. The Hall–Kier alpha value is -1.41. The maximum Gasteiger partial charge on any atom is 0.244 e. The second-order valence-corrected chi connectivity index (χ2v) is 7.49. The van der Waals surface area contributed by atoms with Crippen LogP contribution in [0.4, 0.5) is 0 Å². The zero-order valence-electron chi connectivity index (χ0n) is 13.4. The average Bonchev–Trinajstić information content (AvgIpc) is 3.09. The summed E-state index contributed by atoms with van der Waals surface area (Å²) in [5, 5.41) is 3.88. The predicted octanol–water partition coefficient (Wildman–Crippen LogP) is 2.99. The summed E-state index contributed by atoms with van der Waals surface area (Å²) in [6, 6.07) is 7.11. The summed E-state index contributed by atoms with van der Waals surface area (Å²) >= 11 is 1.55. The molecule has 0 aliphatic rings. The van der Waals surface area contributed by atoms with Gasteiger partial charge in [0.05, 0.1) is 13.2 Å². The summed E-state index contributed by atoms with van der Waals surface area (Å²) in [5.74, 6) is 0.333. The molecule has 1 aromatic heterocycles. The molecule has 0 saturated carbocycles. The van der Waals surface area contributed by atoms with E-state index in [1.807, 2.05) is 29.8 Å². The van der Waals surface area contributed by atoms with E-state index in [1.54, 1.807) is 30.6 Å². The average molecular weight is 355 g/mol. The minimum absolute atomic E-state index is 0.152. The molecular formula is C16H21NO4S2. The van der Waals surface area contributed by atoms with E-state index in [0.717, 1.165) is 17.5 Å². The van der Waals surface area contributed by atoms with Gasteiger partial charge in [0.1, 0.15) is 10.6 Å². The Balaban J connectivity index is 2.21. The number of ether oxygens (including phenoxy) is 2. The Morgan fingerprint density at radius 3 is 2.61 bits per heavy atom. The molecule has 1 unspecified atom stereocenters. The fourth-order valence-corrected chi connectivity index (χ4v) is 4.16. The second kappa shape index (κ2) is 7.92. The molecule has 7 heteroatoms. The predicted molar refractivity (Wildman–Crippen MR) is 91.6 cm³/mol. The van der Waals surface area contributed by atoms with Crippen molar-refractivity contribution in [2.24, 2.45) is 0 Å². The first-order valence-electron chi connectivity index (χ1n) is 7.23. The van der Waals surface area contributed by atoms with Crippen LogP contribution in [0.3, 0.4) is 0 Å². The number of rotatable bonds is 8. The summed E-state index contributed by atoms with van der Waals surface area (Å²) in [6.45, 7) is 2.14. The zero-order chi connectivity index (χ0) is 16.9. The van der Waals surface area contributed by atoms with Crippen molar-refractivity contribution in [1.29, 1.82) is 0 Å². The maximum atomic E-state index is 12.6. The summed E-state index contributed by atoms with van der Waals surface area (Å²) in [4.78, 5) is 0.152. The lowest BCUT2D eigenvalue weighted by Gasteiger charge is -2.16. The third-order valence-corrected chi connectivity index (χ3v) is 5.73. The van der Waals surface area contributed by atoms with Crippen LogP contribution in [-0.2, 0) is 21.2 Å². The molecule has 0 bridgehead atoms. The van der Waals surface area contributed by atoms with Gasteiger partial charge in [0.25, 0.3) is 0 Å². The molecule has 5 nitrogen and oxygen atoms in total. The molecule has 23 heavy (non-hydrogen) atoms. The molecule has 2 aromatic rings. The van der Waals surface area contributed by atoms with E-state index in [0.29, 0.717) is 5.75 Å². The van der Waals surface area contributed by atoms with Gasteiger partial charge >= 0.3 is 0 Å². The van der Waals surface area contributed by atoms with Crippen LogP contribution in [0.2, 0.25) is 0 Å². The van der Waals surface area contributed by atoms with E-state index in [1.165, 1.54) is 7.11 Å². The van der Waals surface area contributed by atoms with Crippen LogP contribution >= 0.6 is 11.3 Å². The maximum absolute atomic E-state index is 12.6. The molecule has 0 radical (unpaired) electrons. The molecule has 126 valence electrons. The molecule has 1 N–H and O–H groups in total. The van der Waals surface area contributed by atoms with Crippen LogP contribution < -0.4 is 9.46 Å². The number of benzene rings is 1.